The van der Waals surface area contributed by atoms with E-state index in [1.807, 2.05) is 6.20 Å². The maximum Gasteiger partial charge on any atom is 0.229 e. The molecule has 2 unspecified atom stereocenters. The molecule has 0 bridgehead atoms. The summed E-state index contributed by atoms with van der Waals surface area (Å²) in [5, 5.41) is 13.1. The highest BCUT2D eigenvalue weighted by Gasteiger charge is 2.51. The minimum absolute atomic E-state index is 0.141. The Kier molecular flexibility index (Phi) is 5.06. The van der Waals surface area contributed by atoms with E-state index in [-0.39, 0.29) is 5.41 Å². The smallest absolute Gasteiger partial charge is 0.229 e. The maximum absolute atomic E-state index is 9.62. The van der Waals surface area contributed by atoms with Crippen molar-refractivity contribution in [3.63, 3.8) is 0 Å². The summed E-state index contributed by atoms with van der Waals surface area (Å²) in [4.78, 5) is 14.2. The molecule has 1 saturated heterocycles. The lowest BCUT2D eigenvalue weighted by Crippen LogP contribution is -2.60. The Labute approximate surface area is 197 Å². The second kappa shape index (κ2) is 7.99. The van der Waals surface area contributed by atoms with Crippen molar-refractivity contribution in [1.29, 1.82) is 5.26 Å². The highest BCUT2D eigenvalue weighted by atomic mass is 15.3. The lowest BCUT2D eigenvalue weighted by atomic mass is 9.64. The van der Waals surface area contributed by atoms with Gasteiger partial charge >= 0.3 is 0 Å². The van der Waals surface area contributed by atoms with Crippen LogP contribution in [0.5, 0.6) is 0 Å². The third-order valence-corrected chi connectivity index (χ3v) is 8.74. The van der Waals surface area contributed by atoms with Gasteiger partial charge in [-0.05, 0) is 87.1 Å². The van der Waals surface area contributed by atoms with Crippen LogP contribution in [0, 0.1) is 41.4 Å². The number of nitriles is 1. The molecular formula is C27H34N6. The van der Waals surface area contributed by atoms with Crippen LogP contribution in [0.15, 0.2) is 24.4 Å². The molecule has 0 radical (unpaired) electrons. The summed E-state index contributed by atoms with van der Waals surface area (Å²) in [6, 6.07) is 9.08. The van der Waals surface area contributed by atoms with Gasteiger partial charge in [0.15, 0.2) is 0 Å². The number of aryl methyl sites for hydroxylation is 1. The molecular weight excluding hydrogens is 408 g/mol. The molecule has 172 valence electrons. The van der Waals surface area contributed by atoms with Gasteiger partial charge in [0, 0.05) is 55.5 Å². The van der Waals surface area contributed by atoms with Crippen LogP contribution in [0.3, 0.4) is 0 Å². The van der Waals surface area contributed by atoms with Crippen LogP contribution in [0.1, 0.15) is 55.2 Å². The Morgan fingerprint density at radius 3 is 2.64 bits per heavy atom. The lowest BCUT2D eigenvalue weighted by Gasteiger charge is -2.54. The van der Waals surface area contributed by atoms with Gasteiger partial charge in [0.25, 0.3) is 0 Å². The number of nitrogens with one attached hydrogen (secondary N) is 1. The number of hydrogen-bond donors (Lipinski definition) is 1. The van der Waals surface area contributed by atoms with E-state index in [2.05, 4.69) is 58.3 Å². The minimum Gasteiger partial charge on any atom is -0.355 e. The number of benzene rings is 1. The summed E-state index contributed by atoms with van der Waals surface area (Å²) in [5.41, 5.74) is 5.06. The third kappa shape index (κ3) is 3.87. The molecule has 0 amide bonds. The first-order valence-electron chi connectivity index (χ1n) is 12.6. The van der Waals surface area contributed by atoms with Crippen molar-refractivity contribution in [2.24, 2.45) is 23.2 Å². The van der Waals surface area contributed by atoms with Gasteiger partial charge in [-0.25, -0.2) is 4.98 Å². The first-order chi connectivity index (χ1) is 16.0. The fourth-order valence-corrected chi connectivity index (χ4v) is 6.73. The Morgan fingerprint density at radius 1 is 1.12 bits per heavy atom. The van der Waals surface area contributed by atoms with Crippen LogP contribution >= 0.6 is 0 Å². The molecule has 6 rings (SSSR count). The summed E-state index contributed by atoms with van der Waals surface area (Å²) >= 11 is 0. The van der Waals surface area contributed by atoms with E-state index in [0.29, 0.717) is 18.3 Å². The monoisotopic (exact) mass is 442 g/mol. The number of nitrogens with zero attached hydrogens (tertiary/aromatic N) is 5. The number of hydrogen-bond acceptors (Lipinski definition) is 6. The summed E-state index contributed by atoms with van der Waals surface area (Å²) in [5.74, 6) is 4.32. The zero-order chi connectivity index (χ0) is 22.6. The molecule has 2 aliphatic heterocycles. The molecule has 1 aromatic heterocycles. The van der Waals surface area contributed by atoms with Crippen molar-refractivity contribution in [3.05, 3.63) is 41.1 Å². The summed E-state index contributed by atoms with van der Waals surface area (Å²) in [6.45, 7) is 5.99. The average Bonchev–Trinajstić information content (AvgIpc) is 3.45. The quantitative estimate of drug-likeness (QED) is 0.701. The van der Waals surface area contributed by atoms with E-state index in [9.17, 15) is 5.26 Å². The second-order valence-corrected chi connectivity index (χ2v) is 11.1. The van der Waals surface area contributed by atoms with Crippen LogP contribution in [0.25, 0.3) is 0 Å². The number of rotatable bonds is 5. The molecule has 33 heavy (non-hydrogen) atoms. The third-order valence-electron chi connectivity index (χ3n) is 8.74. The summed E-state index contributed by atoms with van der Waals surface area (Å²) < 4.78 is 0. The Bertz CT molecular complexity index is 1090. The predicted molar refractivity (Wildman–Crippen MR) is 130 cm³/mol. The Morgan fingerprint density at radius 2 is 1.88 bits per heavy atom. The fourth-order valence-electron chi connectivity index (χ4n) is 6.73. The van der Waals surface area contributed by atoms with Crippen molar-refractivity contribution in [1.82, 2.24) is 14.9 Å². The van der Waals surface area contributed by atoms with Crippen LogP contribution in [0.4, 0.5) is 17.5 Å². The van der Waals surface area contributed by atoms with Crippen molar-refractivity contribution >= 4 is 17.5 Å². The highest BCUT2D eigenvalue weighted by Crippen LogP contribution is 2.55. The summed E-state index contributed by atoms with van der Waals surface area (Å²) in [7, 11) is 2.15. The van der Waals surface area contributed by atoms with Gasteiger partial charge in [-0.1, -0.05) is 6.07 Å². The van der Waals surface area contributed by atoms with Gasteiger partial charge in [0.1, 0.15) is 5.82 Å². The van der Waals surface area contributed by atoms with E-state index in [1.54, 1.807) is 0 Å². The van der Waals surface area contributed by atoms with E-state index in [1.165, 1.54) is 43.2 Å². The zero-order valence-electron chi connectivity index (χ0n) is 19.8. The van der Waals surface area contributed by atoms with Crippen molar-refractivity contribution in [3.8, 4) is 6.07 Å². The lowest BCUT2D eigenvalue weighted by molar-refractivity contribution is 0.0976. The maximum atomic E-state index is 9.62. The van der Waals surface area contributed by atoms with Crippen molar-refractivity contribution < 1.29 is 0 Å². The molecule has 3 heterocycles. The van der Waals surface area contributed by atoms with Gasteiger partial charge in [-0.3, -0.25) is 4.90 Å². The van der Waals surface area contributed by atoms with Crippen LogP contribution in [0.2, 0.25) is 0 Å². The Balaban J connectivity index is 1.17. The SMILES string of the molecule is Cc1cnc(Nc2ccc3c(c2)CN(C)C3)nc1N1CC(CC#N)(C2CCC3CC3CC2)C1. The van der Waals surface area contributed by atoms with Gasteiger partial charge in [0.05, 0.1) is 6.07 Å². The molecule has 2 atom stereocenters. The zero-order valence-corrected chi connectivity index (χ0v) is 19.8. The van der Waals surface area contributed by atoms with Gasteiger partial charge < -0.3 is 10.2 Å². The number of fused-ring (bicyclic) bond motifs is 2. The number of aromatic nitrogens is 2. The minimum atomic E-state index is 0.141. The predicted octanol–water partition coefficient (Wildman–Crippen LogP) is 5.02. The second-order valence-electron chi connectivity index (χ2n) is 11.1. The topological polar surface area (TPSA) is 68.1 Å². The largest absolute Gasteiger partial charge is 0.355 e. The molecule has 2 saturated carbocycles. The van der Waals surface area contributed by atoms with Crippen molar-refractivity contribution in [2.45, 2.75) is 58.5 Å². The van der Waals surface area contributed by atoms with Gasteiger partial charge in [-0.15, -0.1) is 0 Å². The first-order valence-corrected chi connectivity index (χ1v) is 12.6. The molecule has 1 aromatic carbocycles. The van der Waals surface area contributed by atoms with Crippen LogP contribution < -0.4 is 10.2 Å². The Hall–Kier alpha value is -2.65. The molecule has 2 aliphatic carbocycles. The average molecular weight is 443 g/mol. The molecule has 0 spiro atoms. The normalized spacial score (nSPS) is 27.7. The van der Waals surface area contributed by atoms with Gasteiger partial charge in [0.2, 0.25) is 5.95 Å². The molecule has 6 heteroatoms. The van der Waals surface area contributed by atoms with E-state index in [4.69, 9.17) is 4.98 Å². The van der Waals surface area contributed by atoms with E-state index >= 15 is 0 Å². The van der Waals surface area contributed by atoms with Crippen LogP contribution in [-0.2, 0) is 13.1 Å². The van der Waals surface area contributed by atoms with Gasteiger partial charge in [-0.2, -0.15) is 10.2 Å². The first kappa shape index (κ1) is 20.9. The molecule has 3 fully saturated rings. The highest BCUT2D eigenvalue weighted by molar-refractivity contribution is 5.59. The fraction of sp³-hybridized carbons (Fsp3) is 0.593. The number of anilines is 3. The summed E-state index contributed by atoms with van der Waals surface area (Å²) in [6.07, 6.45) is 9.41. The molecule has 4 aliphatic rings. The molecule has 6 nitrogen and oxygen atoms in total. The standard InChI is InChI=1S/C27H34N6/c1-18-13-29-26(30-24-8-5-21-14-32(2)15-22(21)12-24)31-25(18)33-16-27(17-33,9-10-28)23-6-3-19-11-20(19)4-7-23/h5,8,12-13,19-20,23H,3-4,6-7,9,11,14-17H2,1-2H3,(H,29,30,31). The molecule has 1 N–H and O–H groups in total. The van der Waals surface area contributed by atoms with Crippen LogP contribution in [-0.4, -0.2) is 35.0 Å². The van der Waals surface area contributed by atoms with E-state index in [0.717, 1.165) is 55.1 Å². The van der Waals surface area contributed by atoms with Crippen molar-refractivity contribution in [2.75, 3.05) is 30.4 Å². The molecule has 2 aromatic rings. The van der Waals surface area contributed by atoms with E-state index < -0.39 is 0 Å².